The smallest absolute Gasteiger partial charge is 0.306 e. The number of carbonyl (C=O) groups is 3. The third kappa shape index (κ3) is 24.4. The van der Waals surface area contributed by atoms with Gasteiger partial charge in [0.15, 0.2) is 0 Å². The van der Waals surface area contributed by atoms with Crippen molar-refractivity contribution in [1.82, 2.24) is 0 Å². The van der Waals surface area contributed by atoms with Crippen LogP contribution in [0, 0.1) is 0 Å². The highest BCUT2D eigenvalue weighted by atomic mass is 16.5. The molecule has 0 bridgehead atoms. The number of ketones is 1. The van der Waals surface area contributed by atoms with Crippen LogP contribution in [-0.2, 0) is 23.9 Å². The fourth-order valence-corrected chi connectivity index (χ4v) is 4.43. The summed E-state index contributed by atoms with van der Waals surface area (Å²) in [5.74, 6) is -0.311. The van der Waals surface area contributed by atoms with Gasteiger partial charge in [0.1, 0.15) is 18.0 Å². The van der Waals surface area contributed by atoms with Crippen LogP contribution in [-0.4, -0.2) is 29.9 Å². The molecule has 0 aliphatic rings. The first-order chi connectivity index (χ1) is 18.4. The maximum atomic E-state index is 12.2. The van der Waals surface area contributed by atoms with Gasteiger partial charge < -0.3 is 14.3 Å². The SMILES string of the molecule is C=CCC(CCCCCC)OC(=O)CCCCCCC/C=C\CC(CCCCCC)OC(=O)CCC(C)=O. The predicted octanol–water partition coefficient (Wildman–Crippen LogP) is 9.37. The van der Waals surface area contributed by atoms with Crippen molar-refractivity contribution in [2.75, 3.05) is 0 Å². The van der Waals surface area contributed by atoms with E-state index in [2.05, 4.69) is 32.6 Å². The second-order valence-electron chi connectivity index (χ2n) is 10.7. The molecule has 0 rings (SSSR count). The monoisotopic (exact) mass is 534 g/mol. The lowest BCUT2D eigenvalue weighted by atomic mass is 10.1. The number of allylic oxidation sites excluding steroid dienone is 1. The fraction of sp³-hybridized carbons (Fsp3) is 0.788. The molecule has 2 atom stereocenters. The number of hydrogen-bond donors (Lipinski definition) is 0. The van der Waals surface area contributed by atoms with E-state index in [1.165, 1.54) is 39.0 Å². The zero-order valence-electron chi connectivity index (χ0n) is 25.0. The van der Waals surface area contributed by atoms with E-state index in [9.17, 15) is 14.4 Å². The molecule has 0 amide bonds. The Kier molecular flexibility index (Phi) is 25.3. The molecule has 38 heavy (non-hydrogen) atoms. The molecule has 5 nitrogen and oxygen atoms in total. The van der Waals surface area contributed by atoms with E-state index in [1.54, 1.807) is 0 Å². The maximum absolute atomic E-state index is 12.2. The molecule has 0 fully saturated rings. The molecular formula is C33H58O5. The summed E-state index contributed by atoms with van der Waals surface area (Å²) < 4.78 is 11.3. The summed E-state index contributed by atoms with van der Waals surface area (Å²) in [6.07, 6.45) is 26.1. The average Bonchev–Trinajstić information content (AvgIpc) is 2.88. The molecular weight excluding hydrogens is 476 g/mol. The average molecular weight is 535 g/mol. The highest BCUT2D eigenvalue weighted by Crippen LogP contribution is 2.16. The van der Waals surface area contributed by atoms with Crippen LogP contribution in [0.5, 0.6) is 0 Å². The molecule has 0 spiro atoms. The Morgan fingerprint density at radius 2 is 1.16 bits per heavy atom. The molecule has 0 aromatic carbocycles. The van der Waals surface area contributed by atoms with E-state index in [0.29, 0.717) is 6.42 Å². The zero-order chi connectivity index (χ0) is 28.3. The van der Waals surface area contributed by atoms with Gasteiger partial charge in [0.25, 0.3) is 0 Å². The van der Waals surface area contributed by atoms with Crippen molar-refractivity contribution in [3.8, 4) is 0 Å². The number of esters is 2. The quantitative estimate of drug-likeness (QED) is 0.0596. The van der Waals surface area contributed by atoms with Crippen LogP contribution in [0.25, 0.3) is 0 Å². The van der Waals surface area contributed by atoms with E-state index in [4.69, 9.17) is 9.47 Å². The van der Waals surface area contributed by atoms with Gasteiger partial charge in [0.05, 0.1) is 6.42 Å². The van der Waals surface area contributed by atoms with Gasteiger partial charge in [-0.3, -0.25) is 9.59 Å². The van der Waals surface area contributed by atoms with Gasteiger partial charge in [-0.2, -0.15) is 0 Å². The number of carbonyl (C=O) groups excluding carboxylic acids is 3. The third-order valence-corrected chi connectivity index (χ3v) is 6.78. The van der Waals surface area contributed by atoms with Crippen LogP contribution < -0.4 is 0 Å². The second-order valence-corrected chi connectivity index (χ2v) is 10.7. The first kappa shape index (κ1) is 36.1. The largest absolute Gasteiger partial charge is 0.462 e. The van der Waals surface area contributed by atoms with Gasteiger partial charge in [0, 0.05) is 25.7 Å². The van der Waals surface area contributed by atoms with Crippen LogP contribution in [0.1, 0.15) is 156 Å². The van der Waals surface area contributed by atoms with E-state index < -0.39 is 0 Å². The van der Waals surface area contributed by atoms with Crippen molar-refractivity contribution in [3.05, 3.63) is 24.8 Å². The van der Waals surface area contributed by atoms with E-state index in [0.717, 1.165) is 83.5 Å². The topological polar surface area (TPSA) is 69.7 Å². The summed E-state index contributed by atoms with van der Waals surface area (Å²) in [4.78, 5) is 35.4. The highest BCUT2D eigenvalue weighted by Gasteiger charge is 2.14. The molecule has 0 aromatic heterocycles. The zero-order valence-corrected chi connectivity index (χ0v) is 25.0. The maximum Gasteiger partial charge on any atom is 0.306 e. The number of Topliss-reactive ketones (excluding diaryl/α,β-unsaturated/α-hetero) is 1. The first-order valence-corrected chi connectivity index (χ1v) is 15.6. The molecule has 0 saturated carbocycles. The molecule has 0 aliphatic carbocycles. The van der Waals surface area contributed by atoms with Crippen LogP contribution in [0.15, 0.2) is 24.8 Å². The Labute approximate surface area is 234 Å². The van der Waals surface area contributed by atoms with Gasteiger partial charge in [0.2, 0.25) is 0 Å². The molecule has 0 saturated heterocycles. The second kappa shape index (κ2) is 26.7. The molecule has 0 N–H and O–H groups in total. The van der Waals surface area contributed by atoms with Gasteiger partial charge in [-0.05, 0) is 51.9 Å². The molecule has 5 heteroatoms. The number of hydrogen-bond acceptors (Lipinski definition) is 5. The Morgan fingerprint density at radius 1 is 0.632 bits per heavy atom. The summed E-state index contributed by atoms with van der Waals surface area (Å²) in [7, 11) is 0. The van der Waals surface area contributed by atoms with Crippen molar-refractivity contribution in [1.29, 1.82) is 0 Å². The summed E-state index contributed by atoms with van der Waals surface area (Å²) >= 11 is 0. The predicted molar refractivity (Wildman–Crippen MR) is 158 cm³/mol. The molecule has 220 valence electrons. The summed E-state index contributed by atoms with van der Waals surface area (Å²) in [5.41, 5.74) is 0. The third-order valence-electron chi connectivity index (χ3n) is 6.78. The molecule has 0 aliphatic heterocycles. The fourth-order valence-electron chi connectivity index (χ4n) is 4.43. The minimum absolute atomic E-state index is 0.0105. The van der Waals surface area contributed by atoms with Gasteiger partial charge >= 0.3 is 11.9 Å². The Morgan fingerprint density at radius 3 is 1.74 bits per heavy atom. The lowest BCUT2D eigenvalue weighted by molar-refractivity contribution is -0.150. The Balaban J connectivity index is 4.04. The summed E-state index contributed by atoms with van der Waals surface area (Å²) in [6, 6.07) is 0. The van der Waals surface area contributed by atoms with Crippen molar-refractivity contribution < 1.29 is 23.9 Å². The van der Waals surface area contributed by atoms with Crippen LogP contribution in [0.3, 0.4) is 0 Å². The standard InChI is InChI=1S/C33H58O5/c1-5-8-10-18-23-30(22-7-3)37-32(35)26-21-17-15-13-12-14-16-20-25-31(24-19-11-9-6-2)38-33(36)28-27-29(4)34/h7,16,20,30-31H,3,5-6,8-15,17-19,21-28H2,1-2,4H3/b20-16-. The minimum atomic E-state index is -0.263. The molecule has 0 heterocycles. The van der Waals surface area contributed by atoms with Gasteiger partial charge in [-0.1, -0.05) is 89.9 Å². The number of unbranched alkanes of at least 4 members (excludes halogenated alkanes) is 11. The Bertz CT molecular complexity index is 639. The Hall–Kier alpha value is -1.91. The van der Waals surface area contributed by atoms with Crippen LogP contribution in [0.4, 0.5) is 0 Å². The van der Waals surface area contributed by atoms with Crippen molar-refractivity contribution >= 4 is 17.7 Å². The minimum Gasteiger partial charge on any atom is -0.462 e. The lowest BCUT2D eigenvalue weighted by Crippen LogP contribution is -2.18. The van der Waals surface area contributed by atoms with E-state index in [-0.39, 0.29) is 42.8 Å². The van der Waals surface area contributed by atoms with Crippen molar-refractivity contribution in [2.45, 2.75) is 168 Å². The number of ether oxygens (including phenoxy) is 2. The van der Waals surface area contributed by atoms with E-state index >= 15 is 0 Å². The van der Waals surface area contributed by atoms with Crippen LogP contribution in [0.2, 0.25) is 0 Å². The van der Waals surface area contributed by atoms with Gasteiger partial charge in [-0.25, -0.2) is 0 Å². The first-order valence-electron chi connectivity index (χ1n) is 15.6. The molecule has 2 unspecified atom stereocenters. The summed E-state index contributed by atoms with van der Waals surface area (Å²) in [5, 5.41) is 0. The normalized spacial score (nSPS) is 12.8. The molecule has 0 radical (unpaired) electrons. The van der Waals surface area contributed by atoms with Crippen molar-refractivity contribution in [3.63, 3.8) is 0 Å². The van der Waals surface area contributed by atoms with Gasteiger partial charge in [-0.15, -0.1) is 6.58 Å². The van der Waals surface area contributed by atoms with Crippen molar-refractivity contribution in [2.24, 2.45) is 0 Å². The lowest BCUT2D eigenvalue weighted by Gasteiger charge is -2.16. The van der Waals surface area contributed by atoms with Crippen LogP contribution >= 0.6 is 0 Å². The summed E-state index contributed by atoms with van der Waals surface area (Å²) in [6.45, 7) is 9.69. The highest BCUT2D eigenvalue weighted by molar-refractivity contribution is 5.81. The van der Waals surface area contributed by atoms with E-state index in [1.807, 2.05) is 6.08 Å². The molecule has 0 aromatic rings. The number of rotatable bonds is 27.